The van der Waals surface area contributed by atoms with E-state index in [-0.39, 0.29) is 5.69 Å². The van der Waals surface area contributed by atoms with Crippen molar-refractivity contribution in [2.45, 2.75) is 12.8 Å². The Labute approximate surface area is 108 Å². The SMILES string of the molecule is O=[N+]([O-])c1cnc2c(c1)cc1c3c(cccc32)CC1. The van der Waals surface area contributed by atoms with E-state index in [1.807, 2.05) is 12.1 Å². The Bertz CT molecular complexity index is 856. The molecule has 0 amide bonds. The first kappa shape index (κ1) is 10.4. The van der Waals surface area contributed by atoms with E-state index in [9.17, 15) is 10.1 Å². The van der Waals surface area contributed by atoms with Gasteiger partial charge in [0.15, 0.2) is 0 Å². The number of hydrogen-bond acceptors (Lipinski definition) is 3. The predicted molar refractivity (Wildman–Crippen MR) is 73.3 cm³/mol. The highest BCUT2D eigenvalue weighted by Gasteiger charge is 2.18. The lowest BCUT2D eigenvalue weighted by Crippen LogP contribution is -1.91. The van der Waals surface area contributed by atoms with Gasteiger partial charge in [0, 0.05) is 16.8 Å². The molecule has 0 radical (unpaired) electrons. The summed E-state index contributed by atoms with van der Waals surface area (Å²) < 4.78 is 0. The lowest BCUT2D eigenvalue weighted by atomic mass is 10.0. The second-order valence-electron chi connectivity index (χ2n) is 4.90. The van der Waals surface area contributed by atoms with Gasteiger partial charge >= 0.3 is 0 Å². The third kappa shape index (κ3) is 1.37. The largest absolute Gasteiger partial charge is 0.288 e. The lowest BCUT2D eigenvalue weighted by molar-refractivity contribution is -0.385. The summed E-state index contributed by atoms with van der Waals surface area (Å²) in [6.07, 6.45) is 3.39. The summed E-state index contributed by atoms with van der Waals surface area (Å²) in [4.78, 5) is 14.7. The standard InChI is InChI=1S/C15H10N2O2/c18-17(19)12-7-11-6-10-5-4-9-2-1-3-13(14(9)10)15(11)16-8-12/h1-3,6-8H,4-5H2. The van der Waals surface area contributed by atoms with Crippen LogP contribution in [0, 0.1) is 10.1 Å². The van der Waals surface area contributed by atoms with E-state index < -0.39 is 4.92 Å². The van der Waals surface area contributed by atoms with Gasteiger partial charge in [0.25, 0.3) is 5.69 Å². The fourth-order valence-electron chi connectivity index (χ4n) is 3.02. The van der Waals surface area contributed by atoms with E-state index in [0.29, 0.717) is 0 Å². The Hall–Kier alpha value is -2.49. The molecule has 0 atom stereocenters. The van der Waals surface area contributed by atoms with Crippen LogP contribution in [0.25, 0.3) is 21.7 Å². The Morgan fingerprint density at radius 2 is 2.00 bits per heavy atom. The van der Waals surface area contributed by atoms with Gasteiger partial charge < -0.3 is 0 Å². The molecular weight excluding hydrogens is 240 g/mol. The predicted octanol–water partition coefficient (Wildman–Crippen LogP) is 3.39. The van der Waals surface area contributed by atoms with E-state index in [1.165, 1.54) is 22.7 Å². The number of aromatic nitrogens is 1. The molecule has 0 saturated heterocycles. The summed E-state index contributed by atoms with van der Waals surface area (Å²) in [5.41, 5.74) is 3.54. The molecule has 1 aliphatic carbocycles. The van der Waals surface area contributed by atoms with Crippen molar-refractivity contribution in [2.24, 2.45) is 0 Å². The Morgan fingerprint density at radius 3 is 2.84 bits per heavy atom. The van der Waals surface area contributed by atoms with Gasteiger partial charge in [0.1, 0.15) is 6.20 Å². The number of fused-ring (bicyclic) bond motifs is 2. The molecule has 1 heterocycles. The Morgan fingerprint density at radius 1 is 1.16 bits per heavy atom. The van der Waals surface area contributed by atoms with Crippen molar-refractivity contribution in [1.29, 1.82) is 0 Å². The highest BCUT2D eigenvalue weighted by atomic mass is 16.6. The molecule has 0 fully saturated rings. The van der Waals surface area contributed by atoms with Gasteiger partial charge in [-0.15, -0.1) is 0 Å². The third-order valence-corrected chi connectivity index (χ3v) is 3.83. The average Bonchev–Trinajstić information content (AvgIpc) is 2.83. The van der Waals surface area contributed by atoms with Gasteiger partial charge in [-0.05, 0) is 35.4 Å². The minimum Gasteiger partial charge on any atom is -0.258 e. The minimum atomic E-state index is -0.396. The van der Waals surface area contributed by atoms with E-state index in [1.54, 1.807) is 6.07 Å². The zero-order valence-electron chi connectivity index (χ0n) is 10.1. The Kier molecular flexibility index (Phi) is 1.93. The first-order valence-electron chi connectivity index (χ1n) is 6.22. The molecule has 19 heavy (non-hydrogen) atoms. The molecule has 92 valence electrons. The van der Waals surface area contributed by atoms with Crippen LogP contribution in [0.2, 0.25) is 0 Å². The van der Waals surface area contributed by atoms with Gasteiger partial charge in [-0.1, -0.05) is 18.2 Å². The number of hydrogen-bond donors (Lipinski definition) is 0. The van der Waals surface area contributed by atoms with E-state index >= 15 is 0 Å². The zero-order chi connectivity index (χ0) is 13.0. The van der Waals surface area contributed by atoms with Crippen molar-refractivity contribution >= 4 is 27.4 Å². The molecule has 0 saturated carbocycles. The van der Waals surface area contributed by atoms with Crippen LogP contribution in [0.4, 0.5) is 5.69 Å². The number of nitrogens with zero attached hydrogens (tertiary/aromatic N) is 2. The highest BCUT2D eigenvalue weighted by molar-refractivity contribution is 6.09. The molecule has 0 bridgehead atoms. The summed E-state index contributed by atoms with van der Waals surface area (Å²) in [7, 11) is 0. The monoisotopic (exact) mass is 250 g/mol. The van der Waals surface area contributed by atoms with Crippen molar-refractivity contribution in [3.05, 3.63) is 57.8 Å². The van der Waals surface area contributed by atoms with Crippen LogP contribution in [-0.4, -0.2) is 9.91 Å². The lowest BCUT2D eigenvalue weighted by Gasteiger charge is -2.06. The van der Waals surface area contributed by atoms with Crippen molar-refractivity contribution in [3.8, 4) is 0 Å². The van der Waals surface area contributed by atoms with Crippen molar-refractivity contribution in [2.75, 3.05) is 0 Å². The summed E-state index contributed by atoms with van der Waals surface area (Å²) in [6, 6.07) is 9.90. The van der Waals surface area contributed by atoms with Gasteiger partial charge in [-0.25, -0.2) is 4.98 Å². The first-order valence-corrected chi connectivity index (χ1v) is 6.22. The number of nitro groups is 1. The normalized spacial score (nSPS) is 13.3. The molecule has 4 heteroatoms. The Balaban J connectivity index is 2.17. The number of benzene rings is 2. The third-order valence-electron chi connectivity index (χ3n) is 3.83. The van der Waals surface area contributed by atoms with Gasteiger partial charge in [0.05, 0.1) is 10.4 Å². The number of pyridine rings is 1. The maximum absolute atomic E-state index is 10.8. The van der Waals surface area contributed by atoms with Gasteiger partial charge in [-0.2, -0.15) is 0 Å². The second kappa shape index (κ2) is 3.51. The number of aryl methyl sites for hydroxylation is 2. The quantitative estimate of drug-likeness (QED) is 0.378. The van der Waals surface area contributed by atoms with Gasteiger partial charge in [-0.3, -0.25) is 10.1 Å². The smallest absolute Gasteiger partial charge is 0.258 e. The topological polar surface area (TPSA) is 56.0 Å². The molecule has 3 aromatic rings. The maximum Gasteiger partial charge on any atom is 0.288 e. The van der Waals surface area contributed by atoms with Crippen molar-refractivity contribution in [3.63, 3.8) is 0 Å². The molecule has 4 nitrogen and oxygen atoms in total. The molecule has 2 aromatic carbocycles. The van der Waals surface area contributed by atoms with Crippen LogP contribution in [0.3, 0.4) is 0 Å². The fourth-order valence-corrected chi connectivity index (χ4v) is 3.02. The zero-order valence-corrected chi connectivity index (χ0v) is 10.1. The van der Waals surface area contributed by atoms with Crippen LogP contribution in [0.1, 0.15) is 11.1 Å². The molecule has 1 aliphatic rings. The molecule has 0 aliphatic heterocycles. The van der Waals surface area contributed by atoms with Crippen molar-refractivity contribution < 1.29 is 4.92 Å². The average molecular weight is 250 g/mol. The maximum atomic E-state index is 10.8. The van der Waals surface area contributed by atoms with E-state index in [4.69, 9.17) is 0 Å². The van der Waals surface area contributed by atoms with Gasteiger partial charge in [0.2, 0.25) is 0 Å². The van der Waals surface area contributed by atoms with Crippen LogP contribution < -0.4 is 0 Å². The summed E-state index contributed by atoms with van der Waals surface area (Å²) >= 11 is 0. The van der Waals surface area contributed by atoms with Crippen LogP contribution >= 0.6 is 0 Å². The molecule has 0 unspecified atom stereocenters. The van der Waals surface area contributed by atoms with Crippen LogP contribution in [0.5, 0.6) is 0 Å². The fraction of sp³-hybridized carbons (Fsp3) is 0.133. The molecule has 0 N–H and O–H groups in total. The van der Waals surface area contributed by atoms with Crippen molar-refractivity contribution in [1.82, 2.24) is 4.98 Å². The van der Waals surface area contributed by atoms with Crippen LogP contribution in [0.15, 0.2) is 36.5 Å². The minimum absolute atomic E-state index is 0.0493. The molecule has 0 spiro atoms. The highest BCUT2D eigenvalue weighted by Crippen LogP contribution is 2.36. The second-order valence-corrected chi connectivity index (χ2v) is 4.90. The summed E-state index contributed by atoms with van der Waals surface area (Å²) in [6.45, 7) is 0. The molecular formula is C15H10N2O2. The summed E-state index contributed by atoms with van der Waals surface area (Å²) in [5.74, 6) is 0. The van der Waals surface area contributed by atoms with E-state index in [2.05, 4.69) is 17.1 Å². The molecule has 4 rings (SSSR count). The molecule has 1 aromatic heterocycles. The van der Waals surface area contributed by atoms with Crippen LogP contribution in [-0.2, 0) is 12.8 Å². The first-order chi connectivity index (χ1) is 9.24. The number of rotatable bonds is 1. The van der Waals surface area contributed by atoms with E-state index in [0.717, 1.165) is 29.1 Å². The summed E-state index contributed by atoms with van der Waals surface area (Å²) in [5, 5.41) is 14.1.